The van der Waals surface area contributed by atoms with E-state index in [0.717, 1.165) is 67.3 Å². The lowest BCUT2D eigenvalue weighted by Gasteiger charge is -2.37. The average molecular weight is 797 g/mol. The molecule has 3 unspecified atom stereocenters. The first-order chi connectivity index (χ1) is 28.9. The third kappa shape index (κ3) is 13.8. The van der Waals surface area contributed by atoms with Crippen molar-refractivity contribution in [2.75, 3.05) is 18.4 Å². The smallest absolute Gasteiger partial charge is 0.412 e. The van der Waals surface area contributed by atoms with Gasteiger partial charge >= 0.3 is 12.1 Å². The van der Waals surface area contributed by atoms with Crippen molar-refractivity contribution in [1.29, 1.82) is 0 Å². The summed E-state index contributed by atoms with van der Waals surface area (Å²) in [6.45, 7) is 4.28. The largest absolute Gasteiger partial charge is 0.444 e. The van der Waals surface area contributed by atoms with E-state index in [1.807, 2.05) is 91.0 Å². The van der Waals surface area contributed by atoms with Crippen LogP contribution in [0.2, 0.25) is 0 Å². The molecule has 0 fully saturated rings. The molecule has 0 saturated heterocycles. The van der Waals surface area contributed by atoms with Crippen LogP contribution in [0.1, 0.15) is 72.4 Å². The molecular formula is C50H60N4O5. The number of nitrogens with one attached hydrogen (secondary N) is 2. The Balaban J connectivity index is 1.28. The van der Waals surface area contributed by atoms with E-state index in [-0.39, 0.29) is 13.2 Å². The standard InChI is InChI=1S/C50H60N4O5/c1-2-32-52-46(44-28-27-42-21-12-13-22-43(42)34-44)23-14-24-47(57-35-39-15-6-3-7-16-39)48(58-36-40-17-8-4-9-18-40)54(50(56)59-37-41-19-10-5-11-20-41)33-31-38-25-29-45(30-26-38)53-49(51)55/h3-13,15-22,25-26,29-30,44,46-48,52H,2,14,23-24,27-28,31-37H2,1H3,(H3,51,53,55)/t44?,46-,47?,48?/m0/s1. The number of nitrogens with two attached hydrogens (primary N) is 1. The Morgan fingerprint density at radius 3 is 1.93 bits per heavy atom. The van der Waals surface area contributed by atoms with E-state index in [1.54, 1.807) is 17.0 Å². The zero-order valence-electron chi connectivity index (χ0n) is 34.3. The summed E-state index contributed by atoms with van der Waals surface area (Å²) in [4.78, 5) is 27.6. The van der Waals surface area contributed by atoms with Gasteiger partial charge in [0.15, 0.2) is 6.23 Å². The summed E-state index contributed by atoms with van der Waals surface area (Å²) >= 11 is 0. The van der Waals surface area contributed by atoms with E-state index in [9.17, 15) is 9.59 Å². The highest BCUT2D eigenvalue weighted by atomic mass is 16.6. The van der Waals surface area contributed by atoms with Gasteiger partial charge in [0.1, 0.15) is 12.7 Å². The Hall–Kier alpha value is -5.48. The van der Waals surface area contributed by atoms with E-state index >= 15 is 0 Å². The number of hydrogen-bond acceptors (Lipinski definition) is 6. The number of aryl methyl sites for hydroxylation is 1. The summed E-state index contributed by atoms with van der Waals surface area (Å²) < 4.78 is 19.8. The first kappa shape index (κ1) is 43.1. The number of fused-ring (bicyclic) bond motifs is 1. The van der Waals surface area contributed by atoms with Gasteiger partial charge in [-0.2, -0.15) is 0 Å². The van der Waals surface area contributed by atoms with Crippen LogP contribution in [0.15, 0.2) is 140 Å². The Kier molecular flexibility index (Phi) is 16.9. The number of hydrogen-bond donors (Lipinski definition) is 3. The molecule has 0 aliphatic heterocycles. The van der Waals surface area contributed by atoms with Crippen molar-refractivity contribution in [3.05, 3.63) is 173 Å². The van der Waals surface area contributed by atoms with Crippen molar-refractivity contribution in [3.8, 4) is 0 Å². The summed E-state index contributed by atoms with van der Waals surface area (Å²) in [5, 5.41) is 6.53. The van der Waals surface area contributed by atoms with Crippen molar-refractivity contribution >= 4 is 17.8 Å². The van der Waals surface area contributed by atoms with Crippen molar-refractivity contribution < 1.29 is 23.8 Å². The Morgan fingerprint density at radius 2 is 1.31 bits per heavy atom. The predicted octanol–water partition coefficient (Wildman–Crippen LogP) is 9.83. The van der Waals surface area contributed by atoms with Crippen LogP contribution >= 0.6 is 0 Å². The molecule has 4 N–H and O–H groups in total. The molecule has 9 nitrogen and oxygen atoms in total. The van der Waals surface area contributed by atoms with Crippen molar-refractivity contribution in [2.24, 2.45) is 11.7 Å². The fourth-order valence-electron chi connectivity index (χ4n) is 7.95. The number of ether oxygens (including phenoxy) is 3. The SMILES string of the molecule is CCCN[C@@H](CCCC(OCc1ccccc1)C(OCc1ccccc1)N(CCc1ccc(NC(N)=O)cc1)C(=O)OCc1ccccc1)C1CCc2ccccc2C1. The molecular weight excluding hydrogens is 737 g/mol. The van der Waals surface area contributed by atoms with Crippen LogP contribution < -0.4 is 16.4 Å². The van der Waals surface area contributed by atoms with E-state index in [4.69, 9.17) is 19.9 Å². The summed E-state index contributed by atoms with van der Waals surface area (Å²) in [5.41, 5.74) is 12.8. The van der Waals surface area contributed by atoms with Gasteiger partial charge in [-0.1, -0.05) is 134 Å². The zero-order chi connectivity index (χ0) is 41.1. The van der Waals surface area contributed by atoms with Crippen molar-refractivity contribution in [2.45, 2.75) is 96.5 Å². The monoisotopic (exact) mass is 796 g/mol. The summed E-state index contributed by atoms with van der Waals surface area (Å²) in [7, 11) is 0. The van der Waals surface area contributed by atoms with E-state index in [0.29, 0.717) is 43.6 Å². The Bertz CT molecular complexity index is 1980. The molecule has 0 heterocycles. The number of rotatable bonds is 22. The lowest BCUT2D eigenvalue weighted by Crippen LogP contribution is -2.50. The Morgan fingerprint density at radius 1 is 0.712 bits per heavy atom. The lowest BCUT2D eigenvalue weighted by atomic mass is 9.78. The molecule has 310 valence electrons. The third-order valence-electron chi connectivity index (χ3n) is 11.1. The maximum Gasteiger partial charge on any atom is 0.412 e. The van der Waals surface area contributed by atoms with Crippen LogP contribution in [0.4, 0.5) is 15.3 Å². The average Bonchev–Trinajstić information content (AvgIpc) is 3.27. The van der Waals surface area contributed by atoms with Gasteiger partial charge in [-0.05, 0) is 109 Å². The van der Waals surface area contributed by atoms with Crippen LogP contribution in [0.3, 0.4) is 0 Å². The maximum absolute atomic E-state index is 14.4. The second kappa shape index (κ2) is 23.2. The van der Waals surface area contributed by atoms with Crippen molar-refractivity contribution in [1.82, 2.24) is 10.2 Å². The highest BCUT2D eigenvalue weighted by molar-refractivity contribution is 5.87. The van der Waals surface area contributed by atoms with E-state index < -0.39 is 24.5 Å². The number of carbonyl (C=O) groups excluding carboxylic acids is 2. The molecule has 4 atom stereocenters. The molecule has 5 aromatic rings. The fourth-order valence-corrected chi connectivity index (χ4v) is 7.95. The van der Waals surface area contributed by atoms with Gasteiger partial charge < -0.3 is 30.6 Å². The van der Waals surface area contributed by atoms with Gasteiger partial charge in [0.25, 0.3) is 0 Å². The third-order valence-corrected chi connectivity index (χ3v) is 11.1. The van der Waals surface area contributed by atoms with Crippen LogP contribution in [0.5, 0.6) is 0 Å². The van der Waals surface area contributed by atoms with Crippen LogP contribution in [-0.4, -0.2) is 48.5 Å². The molecule has 5 aromatic carbocycles. The minimum absolute atomic E-state index is 0.125. The summed E-state index contributed by atoms with van der Waals surface area (Å²) in [6, 6.07) is 46.0. The first-order valence-corrected chi connectivity index (χ1v) is 21.2. The highest BCUT2D eigenvalue weighted by Crippen LogP contribution is 2.30. The van der Waals surface area contributed by atoms with Crippen LogP contribution in [-0.2, 0) is 53.3 Å². The number of primary amides is 1. The number of nitrogens with zero attached hydrogens (tertiary/aromatic N) is 1. The molecule has 0 spiro atoms. The minimum atomic E-state index is -0.762. The summed E-state index contributed by atoms with van der Waals surface area (Å²) in [6.07, 6.45) is 5.76. The molecule has 0 saturated carbocycles. The van der Waals surface area contributed by atoms with Gasteiger partial charge in [-0.25, -0.2) is 9.59 Å². The highest BCUT2D eigenvalue weighted by Gasteiger charge is 2.35. The molecule has 3 amide bonds. The molecule has 9 heteroatoms. The molecule has 0 bridgehead atoms. The molecule has 0 aromatic heterocycles. The van der Waals surface area contributed by atoms with E-state index in [1.165, 1.54) is 11.1 Å². The Labute approximate surface area is 350 Å². The molecule has 1 aliphatic carbocycles. The van der Waals surface area contributed by atoms with Gasteiger partial charge in [0.05, 0.1) is 13.2 Å². The van der Waals surface area contributed by atoms with Crippen LogP contribution in [0, 0.1) is 5.92 Å². The molecule has 6 rings (SSSR count). The van der Waals surface area contributed by atoms with Gasteiger partial charge in [0.2, 0.25) is 0 Å². The van der Waals surface area contributed by atoms with Gasteiger partial charge in [0, 0.05) is 18.3 Å². The lowest BCUT2D eigenvalue weighted by molar-refractivity contribution is -0.150. The van der Waals surface area contributed by atoms with Crippen LogP contribution in [0.25, 0.3) is 0 Å². The minimum Gasteiger partial charge on any atom is -0.444 e. The number of benzene rings is 5. The molecule has 1 aliphatic rings. The number of anilines is 1. The number of carbonyl (C=O) groups is 2. The number of amides is 3. The number of urea groups is 1. The molecule has 59 heavy (non-hydrogen) atoms. The topological polar surface area (TPSA) is 115 Å². The predicted molar refractivity (Wildman–Crippen MR) is 235 cm³/mol. The van der Waals surface area contributed by atoms with Gasteiger partial charge in [-0.15, -0.1) is 0 Å². The van der Waals surface area contributed by atoms with E-state index in [2.05, 4.69) is 54.0 Å². The second-order valence-electron chi connectivity index (χ2n) is 15.5. The molecule has 0 radical (unpaired) electrons. The summed E-state index contributed by atoms with van der Waals surface area (Å²) in [5.74, 6) is 0.541. The maximum atomic E-state index is 14.4. The van der Waals surface area contributed by atoms with Crippen molar-refractivity contribution in [3.63, 3.8) is 0 Å². The second-order valence-corrected chi connectivity index (χ2v) is 15.5. The van der Waals surface area contributed by atoms with Gasteiger partial charge in [-0.3, -0.25) is 4.90 Å². The normalized spacial score (nSPS) is 15.0. The zero-order valence-corrected chi connectivity index (χ0v) is 34.3. The first-order valence-electron chi connectivity index (χ1n) is 21.2. The quantitative estimate of drug-likeness (QED) is 0.0601. The fraction of sp³-hybridized carbons (Fsp3) is 0.360.